The zero-order valence-electron chi connectivity index (χ0n) is 19.4. The van der Waals surface area contributed by atoms with Crippen molar-refractivity contribution in [3.8, 4) is 16.9 Å². The van der Waals surface area contributed by atoms with Crippen molar-refractivity contribution in [2.24, 2.45) is 0 Å². The number of hydrogen-bond acceptors (Lipinski definition) is 3. The summed E-state index contributed by atoms with van der Waals surface area (Å²) in [5, 5.41) is 4.62. The summed E-state index contributed by atoms with van der Waals surface area (Å²) < 4.78 is 11.6. The average Bonchev–Trinajstić information content (AvgIpc) is 3.21. The first-order valence-electron chi connectivity index (χ1n) is 10.7. The fraction of sp³-hybridized carbons (Fsp3) is 0.179. The van der Waals surface area contributed by atoms with E-state index in [0.717, 1.165) is 55.6 Å². The minimum Gasteiger partial charge on any atom is -0.496 e. The average molecular weight is 460 g/mol. The fourth-order valence-corrected chi connectivity index (χ4v) is 4.16. The van der Waals surface area contributed by atoms with E-state index < -0.39 is 0 Å². The third-order valence-corrected chi connectivity index (χ3v) is 6.08. The smallest absolute Gasteiger partial charge is 0.248 e. The van der Waals surface area contributed by atoms with Gasteiger partial charge in [-0.1, -0.05) is 35.9 Å². The number of amides is 1. The molecule has 168 valence electrons. The Bertz CT molecular complexity index is 1380. The van der Waals surface area contributed by atoms with E-state index in [9.17, 15) is 4.79 Å². The molecule has 0 unspecified atom stereocenters. The first kappa shape index (κ1) is 22.7. The van der Waals surface area contributed by atoms with Crippen LogP contribution in [0.5, 0.6) is 5.75 Å². The Morgan fingerprint density at radius 2 is 1.79 bits per heavy atom. The maximum atomic E-state index is 12.8. The van der Waals surface area contributed by atoms with Crippen LogP contribution in [0.2, 0.25) is 5.02 Å². The van der Waals surface area contributed by atoms with Gasteiger partial charge in [0.1, 0.15) is 11.3 Å². The number of rotatable bonds is 5. The standard InChI is InChI=1S/C28H26ClNO3/c1-16-6-7-17(2)25(12-16)30-26(31)13-18(3)22-14-23-24(20-8-10-21(29)11-9-20)15-33-28(23)19(4)27(22)32-5/h6-15H,1-5H3,(H,30,31)/b18-13+. The molecule has 0 bridgehead atoms. The van der Waals surface area contributed by atoms with Gasteiger partial charge in [0.05, 0.1) is 13.4 Å². The highest BCUT2D eigenvalue weighted by atomic mass is 35.5. The molecule has 0 radical (unpaired) electrons. The molecule has 0 atom stereocenters. The number of carbonyl (C=O) groups excluding carboxylic acids is 1. The van der Waals surface area contributed by atoms with Gasteiger partial charge in [0, 0.05) is 38.9 Å². The third kappa shape index (κ3) is 4.53. The van der Waals surface area contributed by atoms with E-state index in [1.165, 1.54) is 0 Å². The van der Waals surface area contributed by atoms with Crippen molar-refractivity contribution in [2.75, 3.05) is 12.4 Å². The van der Waals surface area contributed by atoms with Crippen molar-refractivity contribution >= 4 is 39.7 Å². The molecular formula is C28H26ClNO3. The van der Waals surface area contributed by atoms with Gasteiger partial charge in [0.25, 0.3) is 0 Å². The molecule has 0 spiro atoms. The Labute approximate surface area is 198 Å². The van der Waals surface area contributed by atoms with E-state index in [2.05, 4.69) is 5.32 Å². The lowest BCUT2D eigenvalue weighted by molar-refractivity contribution is -0.111. The highest BCUT2D eigenvalue weighted by Crippen LogP contribution is 2.40. The number of nitrogens with one attached hydrogen (secondary N) is 1. The predicted molar refractivity (Wildman–Crippen MR) is 136 cm³/mol. The normalized spacial score (nSPS) is 11.6. The van der Waals surface area contributed by atoms with Crippen LogP contribution in [0.25, 0.3) is 27.7 Å². The number of ether oxygens (including phenoxy) is 1. The summed E-state index contributed by atoms with van der Waals surface area (Å²) in [4.78, 5) is 12.8. The van der Waals surface area contributed by atoms with Crippen LogP contribution in [0.15, 0.2) is 65.3 Å². The van der Waals surface area contributed by atoms with Gasteiger partial charge in [0.15, 0.2) is 0 Å². The molecule has 1 aromatic heterocycles. The predicted octanol–water partition coefficient (Wildman–Crippen LogP) is 7.73. The molecule has 0 saturated carbocycles. The molecule has 1 N–H and O–H groups in total. The quantitative estimate of drug-likeness (QED) is 0.310. The number of allylic oxidation sites excluding steroid dienone is 1. The first-order chi connectivity index (χ1) is 15.8. The lowest BCUT2D eigenvalue weighted by Gasteiger charge is -2.14. The lowest BCUT2D eigenvalue weighted by atomic mass is 9.96. The number of halogens is 1. The maximum Gasteiger partial charge on any atom is 0.248 e. The number of hydrogen-bond donors (Lipinski definition) is 1. The minimum atomic E-state index is -0.189. The maximum absolute atomic E-state index is 12.8. The monoisotopic (exact) mass is 459 g/mol. The van der Waals surface area contributed by atoms with Crippen molar-refractivity contribution < 1.29 is 13.9 Å². The number of anilines is 1. The minimum absolute atomic E-state index is 0.189. The van der Waals surface area contributed by atoms with Crippen LogP contribution in [-0.4, -0.2) is 13.0 Å². The summed E-state index contributed by atoms with van der Waals surface area (Å²) in [7, 11) is 1.63. The zero-order valence-corrected chi connectivity index (χ0v) is 20.1. The largest absolute Gasteiger partial charge is 0.496 e. The molecule has 4 nitrogen and oxygen atoms in total. The molecule has 3 aromatic carbocycles. The van der Waals surface area contributed by atoms with Gasteiger partial charge in [-0.15, -0.1) is 0 Å². The topological polar surface area (TPSA) is 51.5 Å². The third-order valence-electron chi connectivity index (χ3n) is 5.83. The van der Waals surface area contributed by atoms with E-state index in [-0.39, 0.29) is 5.91 Å². The molecule has 0 fully saturated rings. The van der Waals surface area contributed by atoms with E-state index in [1.54, 1.807) is 19.4 Å². The van der Waals surface area contributed by atoms with E-state index >= 15 is 0 Å². The number of fused-ring (bicyclic) bond motifs is 1. The zero-order chi connectivity index (χ0) is 23.7. The second-order valence-corrected chi connectivity index (χ2v) is 8.69. The summed E-state index contributed by atoms with van der Waals surface area (Å²) in [5.41, 5.74) is 8.15. The molecule has 33 heavy (non-hydrogen) atoms. The van der Waals surface area contributed by atoms with Crippen LogP contribution in [0.1, 0.15) is 29.2 Å². The summed E-state index contributed by atoms with van der Waals surface area (Å²) >= 11 is 6.06. The summed E-state index contributed by atoms with van der Waals surface area (Å²) in [6.45, 7) is 7.85. The Kier molecular flexibility index (Phi) is 6.30. The van der Waals surface area contributed by atoms with Gasteiger partial charge < -0.3 is 14.5 Å². The number of aryl methyl sites for hydroxylation is 3. The number of carbonyl (C=O) groups is 1. The summed E-state index contributed by atoms with van der Waals surface area (Å²) in [6.07, 6.45) is 3.35. The Balaban J connectivity index is 1.76. The second-order valence-electron chi connectivity index (χ2n) is 8.25. The van der Waals surface area contributed by atoms with Crippen LogP contribution < -0.4 is 10.1 Å². The first-order valence-corrected chi connectivity index (χ1v) is 11.1. The number of furan rings is 1. The van der Waals surface area contributed by atoms with Crippen LogP contribution in [0.3, 0.4) is 0 Å². The molecule has 4 rings (SSSR count). The van der Waals surface area contributed by atoms with Crippen LogP contribution in [-0.2, 0) is 4.79 Å². The van der Waals surface area contributed by atoms with Gasteiger partial charge in [-0.05, 0) is 74.2 Å². The molecule has 5 heteroatoms. The molecule has 0 aliphatic rings. The van der Waals surface area contributed by atoms with Crippen molar-refractivity contribution in [1.29, 1.82) is 0 Å². The van der Waals surface area contributed by atoms with Crippen LogP contribution >= 0.6 is 11.6 Å². The molecule has 0 aliphatic heterocycles. The fourth-order valence-electron chi connectivity index (χ4n) is 4.04. The van der Waals surface area contributed by atoms with Crippen molar-refractivity contribution in [2.45, 2.75) is 27.7 Å². The lowest BCUT2D eigenvalue weighted by Crippen LogP contribution is -2.10. The Morgan fingerprint density at radius 1 is 1.06 bits per heavy atom. The van der Waals surface area contributed by atoms with Crippen LogP contribution in [0.4, 0.5) is 5.69 Å². The Hall–Kier alpha value is -3.50. The number of benzene rings is 3. The van der Waals surface area contributed by atoms with Gasteiger partial charge in [0.2, 0.25) is 5.91 Å². The van der Waals surface area contributed by atoms with Gasteiger partial charge in [-0.3, -0.25) is 4.79 Å². The van der Waals surface area contributed by atoms with Crippen LogP contribution in [0, 0.1) is 20.8 Å². The summed E-state index contributed by atoms with van der Waals surface area (Å²) in [6, 6.07) is 15.7. The molecule has 1 amide bonds. The summed E-state index contributed by atoms with van der Waals surface area (Å²) in [5.74, 6) is 0.499. The molecule has 4 aromatic rings. The number of methoxy groups -OCH3 is 1. The van der Waals surface area contributed by atoms with Gasteiger partial charge in [-0.2, -0.15) is 0 Å². The Morgan fingerprint density at radius 3 is 2.48 bits per heavy atom. The molecule has 1 heterocycles. The molecular weight excluding hydrogens is 434 g/mol. The highest BCUT2D eigenvalue weighted by Gasteiger charge is 2.19. The van der Waals surface area contributed by atoms with Crippen molar-refractivity contribution in [1.82, 2.24) is 0 Å². The molecule has 0 aliphatic carbocycles. The van der Waals surface area contributed by atoms with E-state index in [1.807, 2.05) is 76.2 Å². The van der Waals surface area contributed by atoms with E-state index in [0.29, 0.717) is 10.8 Å². The van der Waals surface area contributed by atoms with Crippen molar-refractivity contribution in [3.63, 3.8) is 0 Å². The van der Waals surface area contributed by atoms with Crippen molar-refractivity contribution in [3.05, 3.63) is 88.1 Å². The SMILES string of the molecule is COc1c(/C(C)=C/C(=O)Nc2cc(C)ccc2C)cc2c(-c3ccc(Cl)cc3)coc2c1C. The van der Waals surface area contributed by atoms with Gasteiger partial charge in [-0.25, -0.2) is 0 Å². The highest BCUT2D eigenvalue weighted by molar-refractivity contribution is 6.30. The van der Waals surface area contributed by atoms with Gasteiger partial charge >= 0.3 is 0 Å². The molecule has 0 saturated heterocycles. The van der Waals surface area contributed by atoms with E-state index in [4.69, 9.17) is 20.8 Å². The second kappa shape index (κ2) is 9.16.